The summed E-state index contributed by atoms with van der Waals surface area (Å²) in [4.78, 5) is 11.9. The molecule has 1 aromatic heterocycles. The number of amides is 1. The number of nitrogens with two attached hydrogens (primary N) is 1. The van der Waals surface area contributed by atoms with Crippen LogP contribution < -0.4 is 10.6 Å². The summed E-state index contributed by atoms with van der Waals surface area (Å²) >= 11 is 0. The minimum Gasteiger partial charge on any atom is -0.463 e. The Balaban J connectivity index is 1.78. The normalized spacial score (nSPS) is 13.7. The zero-order valence-electron chi connectivity index (χ0n) is 11.9. The second kappa shape index (κ2) is 6.91. The van der Waals surface area contributed by atoms with Gasteiger partial charge in [-0.2, -0.15) is 0 Å². The fourth-order valence-electron chi connectivity index (χ4n) is 2.08. The van der Waals surface area contributed by atoms with E-state index < -0.39 is 0 Å². The zero-order valence-corrected chi connectivity index (χ0v) is 11.9. The molecule has 3 N–H and O–H groups in total. The van der Waals surface area contributed by atoms with Crippen LogP contribution in [-0.2, 0) is 4.79 Å². The van der Waals surface area contributed by atoms with Crippen molar-refractivity contribution in [2.24, 2.45) is 0 Å². The minimum atomic E-state index is 0.0241. The second-order valence-electron chi connectivity index (χ2n) is 4.94. The zero-order chi connectivity index (χ0) is 14.4. The highest BCUT2D eigenvalue weighted by atomic mass is 16.3. The topological polar surface area (TPSA) is 58.9 Å². The Bertz CT molecular complexity index is 523. The number of quaternary nitrogens is 1. The SMILES string of the molecule is C[C@H]([NH2+]CC(=O)N[C@H](C)c1ccccc1)c1ccco1. The molecular weight excluding hydrogens is 252 g/mol. The number of carbonyl (C=O) groups is 1. The smallest absolute Gasteiger partial charge is 0.275 e. The van der Waals surface area contributed by atoms with Gasteiger partial charge >= 0.3 is 0 Å². The van der Waals surface area contributed by atoms with E-state index >= 15 is 0 Å². The predicted octanol–water partition coefficient (Wildman–Crippen LogP) is 1.78. The third-order valence-corrected chi connectivity index (χ3v) is 3.33. The average Bonchev–Trinajstić information content (AvgIpc) is 3.00. The highest BCUT2D eigenvalue weighted by molar-refractivity contribution is 5.77. The van der Waals surface area contributed by atoms with Gasteiger partial charge in [0.15, 0.2) is 12.3 Å². The van der Waals surface area contributed by atoms with E-state index in [4.69, 9.17) is 4.42 Å². The van der Waals surface area contributed by atoms with E-state index in [1.165, 1.54) is 0 Å². The summed E-state index contributed by atoms with van der Waals surface area (Å²) in [5.74, 6) is 0.911. The number of hydrogen-bond donors (Lipinski definition) is 2. The van der Waals surface area contributed by atoms with Crippen LogP contribution in [0.15, 0.2) is 53.1 Å². The molecule has 1 amide bonds. The summed E-state index contributed by atoms with van der Waals surface area (Å²) < 4.78 is 5.32. The van der Waals surface area contributed by atoms with E-state index in [9.17, 15) is 4.79 Å². The van der Waals surface area contributed by atoms with Gasteiger partial charge in [0, 0.05) is 0 Å². The third kappa shape index (κ3) is 3.96. The fourth-order valence-corrected chi connectivity index (χ4v) is 2.08. The predicted molar refractivity (Wildman–Crippen MR) is 76.9 cm³/mol. The first kappa shape index (κ1) is 14.3. The first-order chi connectivity index (χ1) is 9.66. The van der Waals surface area contributed by atoms with Gasteiger partial charge in [0.1, 0.15) is 6.04 Å². The van der Waals surface area contributed by atoms with Crippen molar-refractivity contribution >= 4 is 5.91 Å². The van der Waals surface area contributed by atoms with Gasteiger partial charge in [-0.25, -0.2) is 0 Å². The summed E-state index contributed by atoms with van der Waals surface area (Å²) in [6, 6.07) is 13.9. The Hall–Kier alpha value is -2.07. The molecule has 0 saturated heterocycles. The van der Waals surface area contributed by atoms with Crippen molar-refractivity contribution in [3.63, 3.8) is 0 Å². The van der Waals surface area contributed by atoms with Crippen LogP contribution >= 0.6 is 0 Å². The number of furan rings is 1. The monoisotopic (exact) mass is 273 g/mol. The maximum atomic E-state index is 11.9. The molecule has 4 heteroatoms. The lowest BCUT2D eigenvalue weighted by molar-refractivity contribution is -0.684. The summed E-state index contributed by atoms with van der Waals surface area (Å²) in [7, 11) is 0. The van der Waals surface area contributed by atoms with Gasteiger partial charge in [-0.1, -0.05) is 30.3 Å². The lowest BCUT2D eigenvalue weighted by Crippen LogP contribution is -2.87. The Morgan fingerprint density at radius 2 is 1.95 bits per heavy atom. The van der Waals surface area contributed by atoms with Crippen LogP contribution in [0.2, 0.25) is 0 Å². The van der Waals surface area contributed by atoms with Crippen molar-refractivity contribution in [1.29, 1.82) is 0 Å². The van der Waals surface area contributed by atoms with Crippen LogP contribution in [0.5, 0.6) is 0 Å². The fraction of sp³-hybridized carbons (Fsp3) is 0.312. The van der Waals surface area contributed by atoms with Gasteiger partial charge in [0.05, 0.1) is 12.3 Å². The Labute approximate surface area is 119 Å². The molecule has 0 fully saturated rings. The lowest BCUT2D eigenvalue weighted by atomic mass is 10.1. The minimum absolute atomic E-state index is 0.0241. The molecule has 0 aliphatic carbocycles. The number of benzene rings is 1. The molecule has 0 bridgehead atoms. The molecule has 0 saturated carbocycles. The van der Waals surface area contributed by atoms with E-state index in [0.717, 1.165) is 11.3 Å². The van der Waals surface area contributed by atoms with E-state index in [0.29, 0.717) is 6.54 Å². The molecule has 0 aliphatic heterocycles. The molecule has 0 aliphatic rings. The van der Waals surface area contributed by atoms with Crippen molar-refractivity contribution < 1.29 is 14.5 Å². The lowest BCUT2D eigenvalue weighted by Gasteiger charge is -2.14. The first-order valence-corrected chi connectivity index (χ1v) is 6.88. The van der Waals surface area contributed by atoms with Crippen molar-refractivity contribution in [3.8, 4) is 0 Å². The molecule has 106 valence electrons. The maximum absolute atomic E-state index is 11.9. The van der Waals surface area contributed by atoms with Gasteiger partial charge in [-0.3, -0.25) is 4.79 Å². The molecule has 20 heavy (non-hydrogen) atoms. The van der Waals surface area contributed by atoms with Gasteiger partial charge in [0.2, 0.25) is 0 Å². The van der Waals surface area contributed by atoms with Crippen LogP contribution in [0.1, 0.15) is 37.3 Å². The summed E-state index contributed by atoms with van der Waals surface area (Å²) in [6.07, 6.45) is 1.65. The van der Waals surface area contributed by atoms with Crippen molar-refractivity contribution in [3.05, 3.63) is 60.1 Å². The van der Waals surface area contributed by atoms with Gasteiger partial charge in [0.25, 0.3) is 5.91 Å². The van der Waals surface area contributed by atoms with Gasteiger partial charge in [-0.05, 0) is 31.5 Å². The molecule has 0 spiro atoms. The third-order valence-electron chi connectivity index (χ3n) is 3.33. The van der Waals surface area contributed by atoms with Gasteiger partial charge < -0.3 is 15.1 Å². The number of rotatable bonds is 6. The molecule has 2 rings (SSSR count). The molecule has 4 nitrogen and oxygen atoms in total. The molecule has 0 unspecified atom stereocenters. The van der Waals surface area contributed by atoms with Crippen LogP contribution in [-0.4, -0.2) is 12.5 Å². The second-order valence-corrected chi connectivity index (χ2v) is 4.94. The van der Waals surface area contributed by atoms with Crippen LogP contribution in [0.4, 0.5) is 0 Å². The highest BCUT2D eigenvalue weighted by Gasteiger charge is 2.15. The van der Waals surface area contributed by atoms with Crippen LogP contribution in [0.25, 0.3) is 0 Å². The molecule has 0 radical (unpaired) electrons. The van der Waals surface area contributed by atoms with Crippen molar-refractivity contribution in [2.75, 3.05) is 6.54 Å². The van der Waals surface area contributed by atoms with E-state index in [1.54, 1.807) is 6.26 Å². The van der Waals surface area contributed by atoms with Crippen LogP contribution in [0.3, 0.4) is 0 Å². The largest absolute Gasteiger partial charge is 0.463 e. The molecule has 1 aromatic carbocycles. The molecular formula is C16H21N2O2+. The highest BCUT2D eigenvalue weighted by Crippen LogP contribution is 2.10. The standard InChI is InChI=1S/C16H20N2O2/c1-12(14-7-4-3-5-8-14)18-16(19)11-17-13(2)15-9-6-10-20-15/h3-10,12-13,17H,11H2,1-2H3,(H,18,19)/p+1/t12-,13+/m1/s1. The maximum Gasteiger partial charge on any atom is 0.275 e. The summed E-state index contributed by atoms with van der Waals surface area (Å²) in [5.41, 5.74) is 1.11. The Morgan fingerprint density at radius 3 is 2.60 bits per heavy atom. The quantitative estimate of drug-likeness (QED) is 0.843. The number of carbonyl (C=O) groups excluding carboxylic acids is 1. The first-order valence-electron chi connectivity index (χ1n) is 6.88. The van der Waals surface area contributed by atoms with E-state index in [-0.39, 0.29) is 18.0 Å². The van der Waals surface area contributed by atoms with Crippen molar-refractivity contribution in [1.82, 2.24) is 5.32 Å². The summed E-state index contributed by atoms with van der Waals surface area (Å²) in [5, 5.41) is 4.96. The van der Waals surface area contributed by atoms with E-state index in [2.05, 4.69) is 5.32 Å². The molecule has 1 heterocycles. The molecule has 2 atom stereocenters. The van der Waals surface area contributed by atoms with Gasteiger partial charge in [-0.15, -0.1) is 0 Å². The number of hydrogen-bond acceptors (Lipinski definition) is 2. The summed E-state index contributed by atoms with van der Waals surface area (Å²) in [6.45, 7) is 4.40. The average molecular weight is 273 g/mol. The van der Waals surface area contributed by atoms with E-state index in [1.807, 2.05) is 61.6 Å². The number of nitrogens with one attached hydrogen (secondary N) is 1. The Kier molecular flexibility index (Phi) is 4.96. The molecule has 2 aromatic rings. The van der Waals surface area contributed by atoms with Crippen molar-refractivity contribution in [2.45, 2.75) is 25.9 Å². The Morgan fingerprint density at radius 1 is 1.20 bits per heavy atom. The van der Waals surface area contributed by atoms with Crippen LogP contribution in [0, 0.1) is 0 Å².